The average Bonchev–Trinajstić information content (AvgIpc) is 2.74. The predicted octanol–water partition coefficient (Wildman–Crippen LogP) is 3.37. The summed E-state index contributed by atoms with van der Waals surface area (Å²) in [6.07, 6.45) is 2.22. The molecule has 29 heavy (non-hydrogen) atoms. The highest BCUT2D eigenvalue weighted by Gasteiger charge is 2.23. The van der Waals surface area contributed by atoms with Crippen molar-refractivity contribution in [3.8, 4) is 6.07 Å². The van der Waals surface area contributed by atoms with Gasteiger partial charge in [-0.2, -0.15) is 5.26 Å². The fourth-order valence-corrected chi connectivity index (χ4v) is 3.43. The third-order valence-corrected chi connectivity index (χ3v) is 5.04. The van der Waals surface area contributed by atoms with Crippen LogP contribution in [0.1, 0.15) is 5.56 Å². The van der Waals surface area contributed by atoms with Gasteiger partial charge in [0.2, 0.25) is 0 Å². The monoisotopic (exact) mass is 412 g/mol. The SMILES string of the molecule is N#C/C(=C/NCCc1cccc(Cl)c1)C(=O)N1CCN(c2ccc(F)cc2)CC1. The molecule has 0 saturated carbocycles. The lowest BCUT2D eigenvalue weighted by Crippen LogP contribution is -2.49. The molecule has 5 nitrogen and oxygen atoms in total. The van der Waals surface area contributed by atoms with Gasteiger partial charge in [-0.3, -0.25) is 4.79 Å². The maximum absolute atomic E-state index is 13.1. The maximum atomic E-state index is 13.1. The molecule has 0 atom stereocenters. The number of rotatable bonds is 6. The first-order valence-electron chi connectivity index (χ1n) is 9.45. The van der Waals surface area contributed by atoms with Crippen molar-refractivity contribution in [3.63, 3.8) is 0 Å². The number of benzene rings is 2. The first kappa shape index (κ1) is 20.7. The van der Waals surface area contributed by atoms with Gasteiger partial charge < -0.3 is 15.1 Å². The fourth-order valence-electron chi connectivity index (χ4n) is 3.22. The molecular weight excluding hydrogens is 391 g/mol. The van der Waals surface area contributed by atoms with E-state index in [1.807, 2.05) is 30.3 Å². The Bertz CT molecular complexity index is 915. The summed E-state index contributed by atoms with van der Waals surface area (Å²) in [5.41, 5.74) is 2.10. The van der Waals surface area contributed by atoms with E-state index in [4.69, 9.17) is 11.6 Å². The lowest BCUT2D eigenvalue weighted by atomic mass is 10.1. The minimum absolute atomic E-state index is 0.0892. The van der Waals surface area contributed by atoms with Crippen molar-refractivity contribution in [1.29, 1.82) is 5.26 Å². The highest BCUT2D eigenvalue weighted by molar-refractivity contribution is 6.30. The Morgan fingerprint density at radius 3 is 2.55 bits per heavy atom. The summed E-state index contributed by atoms with van der Waals surface area (Å²) in [5.74, 6) is -0.546. The van der Waals surface area contributed by atoms with Gasteiger partial charge in [0.25, 0.3) is 5.91 Å². The van der Waals surface area contributed by atoms with Gasteiger partial charge in [0.05, 0.1) is 0 Å². The molecule has 1 N–H and O–H groups in total. The van der Waals surface area contributed by atoms with E-state index in [1.54, 1.807) is 17.0 Å². The van der Waals surface area contributed by atoms with Gasteiger partial charge in [0, 0.05) is 49.6 Å². The second-order valence-electron chi connectivity index (χ2n) is 6.76. The summed E-state index contributed by atoms with van der Waals surface area (Å²) >= 11 is 5.97. The predicted molar refractivity (Wildman–Crippen MR) is 112 cm³/mol. The zero-order valence-corrected chi connectivity index (χ0v) is 16.7. The van der Waals surface area contributed by atoms with E-state index in [9.17, 15) is 14.4 Å². The zero-order valence-electron chi connectivity index (χ0n) is 15.9. The lowest BCUT2D eigenvalue weighted by Gasteiger charge is -2.36. The van der Waals surface area contributed by atoms with Gasteiger partial charge in [-0.15, -0.1) is 0 Å². The first-order chi connectivity index (χ1) is 14.1. The van der Waals surface area contributed by atoms with Gasteiger partial charge in [0.15, 0.2) is 0 Å². The Morgan fingerprint density at radius 1 is 1.17 bits per heavy atom. The molecule has 7 heteroatoms. The summed E-state index contributed by atoms with van der Waals surface area (Å²) in [5, 5.41) is 13.1. The van der Waals surface area contributed by atoms with Crippen molar-refractivity contribution in [1.82, 2.24) is 10.2 Å². The topological polar surface area (TPSA) is 59.4 Å². The molecule has 1 aliphatic heterocycles. The van der Waals surface area contributed by atoms with Crippen LogP contribution in [0.2, 0.25) is 5.02 Å². The van der Waals surface area contributed by atoms with Crippen LogP contribution in [-0.2, 0) is 11.2 Å². The van der Waals surface area contributed by atoms with Crippen LogP contribution in [0, 0.1) is 17.1 Å². The average molecular weight is 413 g/mol. The normalized spacial score (nSPS) is 14.4. The highest BCUT2D eigenvalue weighted by atomic mass is 35.5. The molecule has 3 rings (SSSR count). The number of hydrogen-bond donors (Lipinski definition) is 1. The van der Waals surface area contributed by atoms with Crippen LogP contribution in [0.3, 0.4) is 0 Å². The van der Waals surface area contributed by atoms with Crippen molar-refractivity contribution in [2.45, 2.75) is 6.42 Å². The number of nitrogens with one attached hydrogen (secondary N) is 1. The highest BCUT2D eigenvalue weighted by Crippen LogP contribution is 2.17. The van der Waals surface area contributed by atoms with E-state index in [1.165, 1.54) is 18.3 Å². The number of piperazine rings is 1. The molecule has 150 valence electrons. The fraction of sp³-hybridized carbons (Fsp3) is 0.273. The van der Waals surface area contributed by atoms with E-state index in [2.05, 4.69) is 10.2 Å². The number of carbonyl (C=O) groups excluding carboxylic acids is 1. The molecule has 2 aromatic carbocycles. The Balaban J connectivity index is 1.49. The van der Waals surface area contributed by atoms with Gasteiger partial charge in [0.1, 0.15) is 17.5 Å². The van der Waals surface area contributed by atoms with E-state index in [0.29, 0.717) is 37.7 Å². The maximum Gasteiger partial charge on any atom is 0.266 e. The van der Waals surface area contributed by atoms with Crippen molar-refractivity contribution < 1.29 is 9.18 Å². The zero-order chi connectivity index (χ0) is 20.6. The molecule has 0 bridgehead atoms. The summed E-state index contributed by atoms with van der Waals surface area (Å²) in [4.78, 5) is 16.4. The number of anilines is 1. The van der Waals surface area contributed by atoms with Crippen molar-refractivity contribution >= 4 is 23.2 Å². The van der Waals surface area contributed by atoms with Gasteiger partial charge in [-0.1, -0.05) is 23.7 Å². The molecule has 0 aliphatic carbocycles. The Kier molecular flexibility index (Phi) is 7.09. The molecule has 0 unspecified atom stereocenters. The first-order valence-corrected chi connectivity index (χ1v) is 9.82. The number of carbonyl (C=O) groups is 1. The standard InChI is InChI=1S/C22H22ClFN4O/c23-19-3-1-2-17(14-19)8-9-26-16-18(15-25)22(29)28-12-10-27(11-13-28)21-6-4-20(24)5-7-21/h1-7,14,16,26H,8-13H2/b18-16-. The van der Waals surface area contributed by atoms with Crippen LogP contribution in [0.25, 0.3) is 0 Å². The van der Waals surface area contributed by atoms with Crippen LogP contribution < -0.4 is 10.2 Å². The van der Waals surface area contributed by atoms with E-state index < -0.39 is 0 Å². The Hall–Kier alpha value is -3.04. The molecule has 2 aromatic rings. The van der Waals surface area contributed by atoms with Gasteiger partial charge >= 0.3 is 0 Å². The van der Waals surface area contributed by atoms with E-state index in [0.717, 1.165) is 17.7 Å². The summed E-state index contributed by atoms with van der Waals surface area (Å²) < 4.78 is 13.1. The van der Waals surface area contributed by atoms with Gasteiger partial charge in [-0.05, 0) is 48.4 Å². The minimum atomic E-state index is -0.276. The minimum Gasteiger partial charge on any atom is -0.389 e. The summed E-state index contributed by atoms with van der Waals surface area (Å²) in [6, 6.07) is 15.9. The van der Waals surface area contributed by atoms with Crippen LogP contribution in [-0.4, -0.2) is 43.5 Å². The van der Waals surface area contributed by atoms with Crippen molar-refractivity contribution in [2.24, 2.45) is 0 Å². The second kappa shape index (κ2) is 9.94. The van der Waals surface area contributed by atoms with Crippen LogP contribution in [0.4, 0.5) is 10.1 Å². The van der Waals surface area contributed by atoms with Crippen LogP contribution in [0.15, 0.2) is 60.3 Å². The van der Waals surface area contributed by atoms with Crippen LogP contribution in [0.5, 0.6) is 0 Å². The molecule has 0 radical (unpaired) electrons. The molecule has 1 aliphatic rings. The number of halogens is 2. The van der Waals surface area contributed by atoms with Crippen LogP contribution >= 0.6 is 11.6 Å². The number of amides is 1. The third-order valence-electron chi connectivity index (χ3n) is 4.80. The molecule has 0 aromatic heterocycles. The molecule has 0 spiro atoms. The Morgan fingerprint density at radius 2 is 1.90 bits per heavy atom. The van der Waals surface area contributed by atoms with Crippen molar-refractivity contribution in [2.75, 3.05) is 37.6 Å². The molecule has 1 amide bonds. The van der Waals surface area contributed by atoms with Gasteiger partial charge in [-0.25, -0.2) is 4.39 Å². The molecular formula is C22H22ClFN4O. The largest absolute Gasteiger partial charge is 0.389 e. The van der Waals surface area contributed by atoms with E-state index >= 15 is 0 Å². The molecule has 1 fully saturated rings. The lowest BCUT2D eigenvalue weighted by molar-refractivity contribution is -0.127. The van der Waals surface area contributed by atoms with E-state index in [-0.39, 0.29) is 17.3 Å². The smallest absolute Gasteiger partial charge is 0.266 e. The summed E-state index contributed by atoms with van der Waals surface area (Å²) in [7, 11) is 0. The Labute approximate surface area is 175 Å². The molecule has 1 heterocycles. The number of hydrogen-bond acceptors (Lipinski definition) is 4. The molecule has 1 saturated heterocycles. The number of nitriles is 1. The van der Waals surface area contributed by atoms with Crippen molar-refractivity contribution in [3.05, 3.63) is 76.7 Å². The summed E-state index contributed by atoms with van der Waals surface area (Å²) in [6.45, 7) is 2.89. The quantitative estimate of drug-likeness (QED) is 0.449. The number of nitrogens with zero attached hydrogens (tertiary/aromatic N) is 3. The third kappa shape index (κ3) is 5.72. The second-order valence-corrected chi connectivity index (χ2v) is 7.20.